The lowest BCUT2D eigenvalue weighted by atomic mass is 10.0. The van der Waals surface area contributed by atoms with Crippen LogP contribution < -0.4 is 16.1 Å². The van der Waals surface area contributed by atoms with Gasteiger partial charge in [0.2, 0.25) is 17.2 Å². The number of hydrogen-bond acceptors (Lipinski definition) is 7. The Morgan fingerprint density at radius 3 is 2.59 bits per heavy atom. The molecule has 2 aromatic carbocycles. The molecule has 13 heteroatoms. The van der Waals surface area contributed by atoms with E-state index in [0.29, 0.717) is 46.2 Å². The van der Waals surface area contributed by atoms with E-state index in [4.69, 9.17) is 21.7 Å². The number of benzene rings is 2. The average molecular weight is 664 g/mol. The van der Waals surface area contributed by atoms with Crippen LogP contribution in [0.25, 0.3) is 22.3 Å². The number of nitrogens with one attached hydrogen (secondary N) is 3. The van der Waals surface area contributed by atoms with Crippen LogP contribution in [0.2, 0.25) is 5.02 Å². The topological polar surface area (TPSA) is 142 Å². The molecule has 0 aliphatic carbocycles. The maximum Gasteiger partial charge on any atom is 0.259 e. The van der Waals surface area contributed by atoms with Gasteiger partial charge in [0.25, 0.3) is 5.91 Å². The molecule has 0 saturated heterocycles. The third-order valence-corrected chi connectivity index (χ3v) is 8.89. The van der Waals surface area contributed by atoms with Crippen molar-refractivity contribution < 1.29 is 14.4 Å². The van der Waals surface area contributed by atoms with Crippen molar-refractivity contribution in [1.82, 2.24) is 35.3 Å². The van der Waals surface area contributed by atoms with Gasteiger partial charge in [-0.15, -0.1) is 0 Å². The monoisotopic (exact) mass is 663 g/mol. The highest BCUT2D eigenvalue weighted by Crippen LogP contribution is 2.25. The summed E-state index contributed by atoms with van der Waals surface area (Å²) in [7, 11) is 0. The second kappa shape index (κ2) is 15.0. The Morgan fingerprint density at radius 2 is 1.85 bits per heavy atom. The number of carbonyl (C=O) groups is 3. The second-order valence-electron chi connectivity index (χ2n) is 11.6. The zero-order chi connectivity index (χ0) is 32.8. The maximum atomic E-state index is 14.0. The summed E-state index contributed by atoms with van der Waals surface area (Å²) in [4.78, 5) is 63.5. The van der Waals surface area contributed by atoms with Gasteiger partial charge in [0.15, 0.2) is 11.6 Å². The number of H-pyrrole nitrogens is 1. The van der Waals surface area contributed by atoms with Crippen LogP contribution in [0.3, 0.4) is 0 Å². The summed E-state index contributed by atoms with van der Waals surface area (Å²) >= 11 is 7.70. The van der Waals surface area contributed by atoms with Crippen LogP contribution in [0.1, 0.15) is 55.3 Å². The molecule has 2 atom stereocenters. The fourth-order valence-corrected chi connectivity index (χ4v) is 6.14. The van der Waals surface area contributed by atoms with E-state index in [2.05, 4.69) is 15.6 Å². The molecule has 0 fully saturated rings. The number of aromatic amines is 1. The molecule has 1 aliphatic heterocycles. The Bertz CT molecular complexity index is 1770. The van der Waals surface area contributed by atoms with Crippen molar-refractivity contribution in [2.75, 3.05) is 25.1 Å². The SMILES string of the molecule is CSCC[C@@H]1NC(=O)CCCN(C(=O)c2c[nH]c3cc(Cl)ccc3c2=O)CCn2nc(-c3ccccc3)nc2[C@@H](C(C)C)NC1=O. The summed E-state index contributed by atoms with van der Waals surface area (Å²) in [6.45, 7) is 4.64. The lowest BCUT2D eigenvalue weighted by molar-refractivity contribution is -0.129. The molecule has 46 heavy (non-hydrogen) atoms. The van der Waals surface area contributed by atoms with E-state index in [1.807, 2.05) is 50.4 Å². The van der Waals surface area contributed by atoms with E-state index < -0.39 is 23.4 Å². The lowest BCUT2D eigenvalue weighted by Crippen LogP contribution is -2.49. The van der Waals surface area contributed by atoms with Crippen molar-refractivity contribution in [2.24, 2.45) is 5.92 Å². The number of thioether (sulfide) groups is 1. The number of aromatic nitrogens is 4. The molecule has 0 spiro atoms. The van der Waals surface area contributed by atoms with Crippen LogP contribution >= 0.6 is 23.4 Å². The zero-order valence-corrected chi connectivity index (χ0v) is 27.7. The predicted molar refractivity (Wildman–Crippen MR) is 181 cm³/mol. The van der Waals surface area contributed by atoms with Gasteiger partial charge in [-0.25, -0.2) is 9.67 Å². The molecule has 3 N–H and O–H groups in total. The molecular formula is C33H38ClN7O4S. The number of nitrogens with zero attached hydrogens (tertiary/aromatic N) is 4. The van der Waals surface area contributed by atoms with Crippen molar-refractivity contribution >= 4 is 52.0 Å². The number of carbonyl (C=O) groups excluding carboxylic acids is 3. The quantitative estimate of drug-likeness (QED) is 0.277. The van der Waals surface area contributed by atoms with Gasteiger partial charge in [0.05, 0.1) is 18.1 Å². The molecule has 0 bridgehead atoms. The van der Waals surface area contributed by atoms with Crippen LogP contribution in [0.4, 0.5) is 0 Å². The predicted octanol–water partition coefficient (Wildman–Crippen LogP) is 4.43. The van der Waals surface area contributed by atoms with Crippen LogP contribution in [-0.4, -0.2) is 73.5 Å². The van der Waals surface area contributed by atoms with Gasteiger partial charge < -0.3 is 20.5 Å². The first-order valence-corrected chi connectivity index (χ1v) is 17.1. The van der Waals surface area contributed by atoms with Crippen molar-refractivity contribution in [1.29, 1.82) is 0 Å². The first-order valence-electron chi connectivity index (χ1n) is 15.3. The summed E-state index contributed by atoms with van der Waals surface area (Å²) in [5, 5.41) is 11.7. The van der Waals surface area contributed by atoms with Crippen molar-refractivity contribution in [3.05, 3.63) is 81.4 Å². The van der Waals surface area contributed by atoms with Crippen molar-refractivity contribution in [2.45, 2.75) is 51.7 Å². The molecular weight excluding hydrogens is 626 g/mol. The molecule has 1 aliphatic rings. The first kappa shape index (κ1) is 33.2. The van der Waals surface area contributed by atoms with Gasteiger partial charge >= 0.3 is 0 Å². The number of amides is 3. The number of hydrogen-bond donors (Lipinski definition) is 3. The number of fused-ring (bicyclic) bond motifs is 2. The van der Waals surface area contributed by atoms with E-state index in [9.17, 15) is 19.2 Å². The minimum atomic E-state index is -0.725. The summed E-state index contributed by atoms with van der Waals surface area (Å²) in [6.07, 6.45) is 4.28. The normalized spacial score (nSPS) is 18.2. The van der Waals surface area contributed by atoms with E-state index >= 15 is 0 Å². The number of halogens is 1. The molecule has 11 nitrogen and oxygen atoms in total. The minimum Gasteiger partial charge on any atom is -0.360 e. The van der Waals surface area contributed by atoms with Gasteiger partial charge in [-0.2, -0.15) is 16.9 Å². The van der Waals surface area contributed by atoms with E-state index in [0.717, 1.165) is 5.56 Å². The average Bonchev–Trinajstić information content (AvgIpc) is 3.46. The van der Waals surface area contributed by atoms with Gasteiger partial charge in [0, 0.05) is 41.7 Å². The molecule has 4 aromatic rings. The van der Waals surface area contributed by atoms with Gasteiger partial charge in [-0.3, -0.25) is 19.2 Å². The summed E-state index contributed by atoms with van der Waals surface area (Å²) in [5.74, 6) is 0.652. The third kappa shape index (κ3) is 7.61. The van der Waals surface area contributed by atoms with Crippen LogP contribution in [0, 0.1) is 5.92 Å². The smallest absolute Gasteiger partial charge is 0.259 e. The largest absolute Gasteiger partial charge is 0.360 e. The fraction of sp³-hybridized carbons (Fsp3) is 0.394. The summed E-state index contributed by atoms with van der Waals surface area (Å²) in [5.41, 5.74) is 0.938. The third-order valence-electron chi connectivity index (χ3n) is 8.01. The van der Waals surface area contributed by atoms with Crippen LogP contribution in [-0.2, 0) is 16.1 Å². The second-order valence-corrected chi connectivity index (χ2v) is 13.1. The highest BCUT2D eigenvalue weighted by atomic mass is 35.5. The molecule has 0 unspecified atom stereocenters. The molecule has 5 rings (SSSR count). The van der Waals surface area contributed by atoms with Crippen molar-refractivity contribution in [3.63, 3.8) is 0 Å². The first-order chi connectivity index (χ1) is 22.2. The molecule has 0 radical (unpaired) electrons. The maximum absolute atomic E-state index is 14.0. The summed E-state index contributed by atoms with van der Waals surface area (Å²) < 4.78 is 1.74. The fourth-order valence-electron chi connectivity index (χ4n) is 5.50. The zero-order valence-electron chi connectivity index (χ0n) is 26.1. The summed E-state index contributed by atoms with van der Waals surface area (Å²) in [6, 6.07) is 13.2. The number of pyridine rings is 1. The molecule has 3 amide bonds. The van der Waals surface area contributed by atoms with Crippen molar-refractivity contribution in [3.8, 4) is 11.4 Å². The molecule has 242 valence electrons. The van der Waals surface area contributed by atoms with E-state index in [1.54, 1.807) is 39.5 Å². The van der Waals surface area contributed by atoms with E-state index in [-0.39, 0.29) is 49.4 Å². The van der Waals surface area contributed by atoms with Crippen LogP contribution in [0.15, 0.2) is 59.5 Å². The highest BCUT2D eigenvalue weighted by Gasteiger charge is 2.30. The van der Waals surface area contributed by atoms with Crippen LogP contribution in [0.5, 0.6) is 0 Å². The Labute approximate surface area is 276 Å². The van der Waals surface area contributed by atoms with Gasteiger partial charge in [-0.05, 0) is 49.0 Å². The van der Waals surface area contributed by atoms with Gasteiger partial charge in [0.1, 0.15) is 11.6 Å². The Kier molecular flexibility index (Phi) is 10.8. The highest BCUT2D eigenvalue weighted by molar-refractivity contribution is 7.98. The molecule has 0 saturated carbocycles. The standard InChI is InChI=1S/C33H38ClN7O4S/c1-20(2)28-31-38-30(21-8-5-4-6-9-21)39-41(31)16-15-40(14-7-10-27(42)36-25(13-17-46-3)32(44)37-28)33(45)24-19-35-26-18-22(34)11-12-23(26)29(24)43/h4-6,8-9,11-12,18-20,25,28H,7,10,13-17H2,1-3H3,(H,35,43)(H,36,42)(H,37,44)/t25-,28+/m0/s1. The molecule has 2 aromatic heterocycles. The Hall–Kier alpha value is -4.16. The number of rotatable bonds is 6. The minimum absolute atomic E-state index is 0.00590. The lowest BCUT2D eigenvalue weighted by Gasteiger charge is -2.28. The van der Waals surface area contributed by atoms with Gasteiger partial charge in [-0.1, -0.05) is 55.8 Å². The Morgan fingerprint density at radius 1 is 1.07 bits per heavy atom. The molecule has 3 heterocycles. The Balaban J connectivity index is 1.54. The van der Waals surface area contributed by atoms with E-state index in [1.165, 1.54) is 6.20 Å².